The number of hydrogen-bond acceptors (Lipinski definition) is 5. The average Bonchev–Trinajstić information content (AvgIpc) is 3.43. The van der Waals surface area contributed by atoms with Crippen molar-refractivity contribution < 1.29 is 9.47 Å². The Morgan fingerprint density at radius 1 is 1.04 bits per heavy atom. The molecule has 2 atom stereocenters. The second-order valence-electron chi connectivity index (χ2n) is 6.23. The van der Waals surface area contributed by atoms with E-state index in [0.717, 1.165) is 17.9 Å². The van der Waals surface area contributed by atoms with Crippen LogP contribution in [0.4, 0.5) is 5.95 Å². The number of hydrogen-bond donors (Lipinski definition) is 1. The van der Waals surface area contributed by atoms with Crippen molar-refractivity contribution in [3.05, 3.63) is 72.4 Å². The lowest BCUT2D eigenvalue weighted by molar-refractivity contribution is 0.340. The maximum Gasteiger partial charge on any atom is 0.226 e. The third-order valence-electron chi connectivity index (χ3n) is 4.30. The largest absolute Gasteiger partial charge is 0.494 e. The van der Waals surface area contributed by atoms with Crippen molar-refractivity contribution in [3.63, 3.8) is 0 Å². The molecule has 1 saturated carbocycles. The molecule has 132 valence electrons. The van der Waals surface area contributed by atoms with E-state index in [1.54, 1.807) is 12.3 Å². The first-order chi connectivity index (χ1) is 12.8. The molecule has 2 aromatic carbocycles. The number of para-hydroxylation sites is 1. The third-order valence-corrected chi connectivity index (χ3v) is 4.30. The number of rotatable bonds is 7. The SMILES string of the molecule is CCOc1cccc([C@@H]2C[C@H]2Nc2nccc(Oc3ccccc3)n2)c1. The second-order valence-corrected chi connectivity index (χ2v) is 6.23. The minimum Gasteiger partial charge on any atom is -0.494 e. The molecular weight excluding hydrogens is 326 g/mol. The Morgan fingerprint density at radius 3 is 2.73 bits per heavy atom. The number of nitrogens with one attached hydrogen (secondary N) is 1. The van der Waals surface area contributed by atoms with Crippen LogP contribution < -0.4 is 14.8 Å². The lowest BCUT2D eigenvalue weighted by Crippen LogP contribution is -2.08. The van der Waals surface area contributed by atoms with Crippen molar-refractivity contribution in [1.82, 2.24) is 9.97 Å². The lowest BCUT2D eigenvalue weighted by atomic mass is 10.1. The quantitative estimate of drug-likeness (QED) is 0.675. The third kappa shape index (κ3) is 3.94. The molecule has 1 aliphatic carbocycles. The molecule has 0 bridgehead atoms. The molecular formula is C21H21N3O2. The van der Waals surface area contributed by atoms with E-state index in [-0.39, 0.29) is 0 Å². The van der Waals surface area contributed by atoms with Crippen molar-refractivity contribution in [2.24, 2.45) is 0 Å². The molecule has 1 aromatic heterocycles. The zero-order valence-corrected chi connectivity index (χ0v) is 14.6. The molecule has 0 unspecified atom stereocenters. The minimum absolute atomic E-state index is 0.332. The summed E-state index contributed by atoms with van der Waals surface area (Å²) in [6.07, 6.45) is 2.77. The fraction of sp³-hybridized carbons (Fsp3) is 0.238. The maximum atomic E-state index is 5.77. The van der Waals surface area contributed by atoms with Gasteiger partial charge in [0.25, 0.3) is 0 Å². The Morgan fingerprint density at radius 2 is 1.88 bits per heavy atom. The molecule has 0 aliphatic heterocycles. The highest BCUT2D eigenvalue weighted by molar-refractivity contribution is 5.41. The summed E-state index contributed by atoms with van der Waals surface area (Å²) in [6.45, 7) is 2.67. The summed E-state index contributed by atoms with van der Waals surface area (Å²) in [5.74, 6) is 3.26. The van der Waals surface area contributed by atoms with Gasteiger partial charge in [-0.15, -0.1) is 0 Å². The molecule has 0 saturated heterocycles. The average molecular weight is 347 g/mol. The first-order valence-electron chi connectivity index (χ1n) is 8.87. The smallest absolute Gasteiger partial charge is 0.226 e. The number of benzene rings is 2. The van der Waals surface area contributed by atoms with Crippen molar-refractivity contribution in [1.29, 1.82) is 0 Å². The van der Waals surface area contributed by atoms with E-state index in [1.807, 2.05) is 49.4 Å². The van der Waals surface area contributed by atoms with Gasteiger partial charge in [-0.05, 0) is 43.2 Å². The molecule has 1 heterocycles. The van der Waals surface area contributed by atoms with Crippen LogP contribution >= 0.6 is 0 Å². The normalized spacial score (nSPS) is 18.2. The standard InChI is InChI=1S/C21H21N3O2/c1-2-25-17-10-6-7-15(13-17)18-14-19(18)23-21-22-12-11-20(24-21)26-16-8-4-3-5-9-16/h3-13,18-19H,2,14H2,1H3,(H,22,23,24)/t18-,19+/m0/s1. The molecule has 1 fully saturated rings. The zero-order valence-electron chi connectivity index (χ0n) is 14.6. The highest BCUT2D eigenvalue weighted by Crippen LogP contribution is 2.43. The van der Waals surface area contributed by atoms with E-state index in [1.165, 1.54) is 5.56 Å². The summed E-state index contributed by atoms with van der Waals surface area (Å²) < 4.78 is 11.4. The predicted molar refractivity (Wildman–Crippen MR) is 101 cm³/mol. The van der Waals surface area contributed by atoms with E-state index in [4.69, 9.17) is 9.47 Å². The molecule has 0 spiro atoms. The predicted octanol–water partition coefficient (Wildman–Crippen LogP) is 4.64. The summed E-state index contributed by atoms with van der Waals surface area (Å²) in [5.41, 5.74) is 1.28. The van der Waals surface area contributed by atoms with Crippen molar-refractivity contribution in [2.45, 2.75) is 25.3 Å². The molecule has 0 amide bonds. The van der Waals surface area contributed by atoms with Gasteiger partial charge in [-0.25, -0.2) is 4.98 Å². The van der Waals surface area contributed by atoms with Gasteiger partial charge < -0.3 is 14.8 Å². The summed E-state index contributed by atoms with van der Waals surface area (Å²) in [5, 5.41) is 3.40. The van der Waals surface area contributed by atoms with E-state index in [9.17, 15) is 0 Å². The highest BCUT2D eigenvalue weighted by Gasteiger charge is 2.39. The molecule has 5 heteroatoms. The van der Waals surface area contributed by atoms with Crippen LogP contribution in [0.25, 0.3) is 0 Å². The van der Waals surface area contributed by atoms with Crippen LogP contribution in [0.1, 0.15) is 24.8 Å². The highest BCUT2D eigenvalue weighted by atomic mass is 16.5. The van der Waals surface area contributed by atoms with Gasteiger partial charge in [-0.3, -0.25) is 0 Å². The van der Waals surface area contributed by atoms with E-state index in [0.29, 0.717) is 30.4 Å². The molecule has 0 radical (unpaired) electrons. The summed E-state index contributed by atoms with van der Waals surface area (Å²) in [6, 6.07) is 20.0. The molecule has 1 N–H and O–H groups in total. The Bertz CT molecular complexity index is 870. The van der Waals surface area contributed by atoms with E-state index in [2.05, 4.69) is 27.4 Å². The first-order valence-corrected chi connectivity index (χ1v) is 8.87. The monoisotopic (exact) mass is 347 g/mol. The molecule has 3 aromatic rings. The van der Waals surface area contributed by atoms with Gasteiger partial charge in [0.15, 0.2) is 0 Å². The van der Waals surface area contributed by atoms with Crippen LogP contribution in [0.3, 0.4) is 0 Å². The number of nitrogens with zero attached hydrogens (tertiary/aromatic N) is 2. The van der Waals surface area contributed by atoms with Crippen molar-refractivity contribution in [3.8, 4) is 17.4 Å². The fourth-order valence-corrected chi connectivity index (χ4v) is 2.97. The maximum absolute atomic E-state index is 5.77. The Labute approximate surface area is 153 Å². The second kappa shape index (κ2) is 7.44. The van der Waals surface area contributed by atoms with Gasteiger partial charge in [0, 0.05) is 24.2 Å². The number of anilines is 1. The lowest BCUT2D eigenvalue weighted by Gasteiger charge is -2.08. The van der Waals surface area contributed by atoms with Crippen molar-refractivity contribution >= 4 is 5.95 Å². The van der Waals surface area contributed by atoms with E-state index < -0.39 is 0 Å². The molecule has 4 rings (SSSR count). The summed E-state index contributed by atoms with van der Waals surface area (Å²) in [7, 11) is 0. The Kier molecular flexibility index (Phi) is 4.69. The van der Waals surface area contributed by atoms with Crippen LogP contribution in [0.2, 0.25) is 0 Å². The van der Waals surface area contributed by atoms with Crippen LogP contribution in [-0.2, 0) is 0 Å². The first kappa shape index (κ1) is 16.4. The van der Waals surface area contributed by atoms with Gasteiger partial charge in [0.05, 0.1) is 6.61 Å². The molecule has 1 aliphatic rings. The number of ether oxygens (including phenoxy) is 2. The Balaban J connectivity index is 1.40. The topological polar surface area (TPSA) is 56.3 Å². The fourth-order valence-electron chi connectivity index (χ4n) is 2.97. The van der Waals surface area contributed by atoms with Crippen LogP contribution in [0.15, 0.2) is 66.9 Å². The summed E-state index contributed by atoms with van der Waals surface area (Å²) in [4.78, 5) is 8.76. The van der Waals surface area contributed by atoms with Crippen LogP contribution in [0.5, 0.6) is 17.4 Å². The van der Waals surface area contributed by atoms with Crippen molar-refractivity contribution in [2.75, 3.05) is 11.9 Å². The van der Waals surface area contributed by atoms with Crippen LogP contribution in [-0.4, -0.2) is 22.6 Å². The van der Waals surface area contributed by atoms with Crippen LogP contribution in [0, 0.1) is 0 Å². The minimum atomic E-state index is 0.332. The van der Waals surface area contributed by atoms with Gasteiger partial charge in [0.1, 0.15) is 11.5 Å². The van der Waals surface area contributed by atoms with Gasteiger partial charge in [-0.2, -0.15) is 4.98 Å². The number of aromatic nitrogens is 2. The summed E-state index contributed by atoms with van der Waals surface area (Å²) >= 11 is 0. The Hall–Kier alpha value is -3.08. The van der Waals surface area contributed by atoms with Gasteiger partial charge >= 0.3 is 0 Å². The molecule has 26 heavy (non-hydrogen) atoms. The van der Waals surface area contributed by atoms with Gasteiger partial charge in [0.2, 0.25) is 11.8 Å². The zero-order chi connectivity index (χ0) is 17.8. The van der Waals surface area contributed by atoms with E-state index >= 15 is 0 Å². The molecule has 5 nitrogen and oxygen atoms in total. The van der Waals surface area contributed by atoms with Gasteiger partial charge in [-0.1, -0.05) is 30.3 Å².